The third kappa shape index (κ3) is 4.02. The van der Waals surface area contributed by atoms with Gasteiger partial charge in [-0.2, -0.15) is 0 Å². The smallest absolute Gasteiger partial charge is 0.329 e. The van der Waals surface area contributed by atoms with E-state index in [1.54, 1.807) is 42.5 Å². The highest BCUT2D eigenvalue weighted by atomic mass is 79.9. The van der Waals surface area contributed by atoms with Crippen LogP contribution in [0.2, 0.25) is 0 Å². The lowest BCUT2D eigenvalue weighted by Gasteiger charge is -2.32. The number of aryl methyl sites for hydroxylation is 2. The van der Waals surface area contributed by atoms with E-state index in [1.807, 2.05) is 32.0 Å². The van der Waals surface area contributed by atoms with Gasteiger partial charge in [0.25, 0.3) is 0 Å². The minimum atomic E-state index is -1.84. The molecule has 0 radical (unpaired) electrons. The van der Waals surface area contributed by atoms with E-state index in [-0.39, 0.29) is 0 Å². The number of carboxylic acid groups (broad SMARTS) is 1. The van der Waals surface area contributed by atoms with Gasteiger partial charge in [-0.25, -0.2) is 9.69 Å². The van der Waals surface area contributed by atoms with Crippen LogP contribution >= 0.6 is 15.9 Å². The molecule has 0 bridgehead atoms. The summed E-state index contributed by atoms with van der Waals surface area (Å²) < 4.78 is 11.6. The number of carbonyl (C=O) groups excluding carboxylic acids is 2. The molecular weight excluding hydrogens is 576 g/mol. The van der Waals surface area contributed by atoms with Gasteiger partial charge in [-0.3, -0.25) is 14.9 Å². The van der Waals surface area contributed by atoms with Crippen LogP contribution in [-0.2, 0) is 32.8 Å². The van der Waals surface area contributed by atoms with Gasteiger partial charge in [0.15, 0.2) is 17.0 Å². The minimum Gasteiger partial charge on any atom is -0.493 e. The number of halogens is 1. The summed E-state index contributed by atoms with van der Waals surface area (Å²) in [6.07, 6.45) is 1.23. The number of methoxy groups -OCH3 is 2. The molecule has 4 atom stereocenters. The van der Waals surface area contributed by atoms with Crippen LogP contribution in [0.15, 0.2) is 65.1 Å². The van der Waals surface area contributed by atoms with Gasteiger partial charge in [0, 0.05) is 6.04 Å². The van der Waals surface area contributed by atoms with Crippen molar-refractivity contribution in [3.8, 4) is 11.5 Å². The minimum absolute atomic E-state index is 0.405. The van der Waals surface area contributed by atoms with E-state index >= 15 is 0 Å². The molecule has 2 N–H and O–H groups in total. The quantitative estimate of drug-likeness (QED) is 0.347. The Hall–Kier alpha value is -3.69. The number of para-hydroxylation sites is 1. The predicted molar refractivity (Wildman–Crippen MR) is 154 cm³/mol. The van der Waals surface area contributed by atoms with Gasteiger partial charge in [-0.1, -0.05) is 62.4 Å². The Morgan fingerprint density at radius 2 is 1.62 bits per heavy atom. The number of carbonyl (C=O) groups is 3. The van der Waals surface area contributed by atoms with Crippen LogP contribution < -0.4 is 19.7 Å². The van der Waals surface area contributed by atoms with E-state index in [0.717, 1.165) is 11.1 Å². The van der Waals surface area contributed by atoms with Gasteiger partial charge in [0.2, 0.25) is 11.8 Å². The molecule has 3 aromatic rings. The zero-order chi connectivity index (χ0) is 28.8. The molecule has 2 heterocycles. The molecular formula is C31H31BrN2O6. The van der Waals surface area contributed by atoms with Crippen molar-refractivity contribution in [2.24, 2.45) is 11.8 Å². The molecule has 0 aromatic heterocycles. The molecule has 9 heteroatoms. The molecule has 3 aromatic carbocycles. The first-order valence-electron chi connectivity index (χ1n) is 13.2. The fraction of sp³-hybridized carbons (Fsp3) is 0.323. The highest BCUT2D eigenvalue weighted by molar-refractivity contribution is 9.10. The fourth-order valence-corrected chi connectivity index (χ4v) is 6.94. The maximum Gasteiger partial charge on any atom is 0.329 e. The Morgan fingerprint density at radius 1 is 0.975 bits per heavy atom. The number of carboxylic acids is 1. The molecule has 0 saturated carbocycles. The molecule has 2 aliphatic heterocycles. The lowest BCUT2D eigenvalue weighted by atomic mass is 9.75. The Morgan fingerprint density at radius 3 is 2.17 bits per heavy atom. The highest BCUT2D eigenvalue weighted by Gasteiger charge is 2.69. The summed E-state index contributed by atoms with van der Waals surface area (Å²) in [7, 11) is 3.02. The first-order chi connectivity index (χ1) is 19.2. The predicted octanol–water partition coefficient (Wildman–Crippen LogP) is 5.02. The number of anilines is 1. The normalized spacial score (nSPS) is 23.8. The first kappa shape index (κ1) is 27.9. The van der Waals surface area contributed by atoms with Crippen LogP contribution in [0, 0.1) is 11.8 Å². The topological polar surface area (TPSA) is 105 Å². The van der Waals surface area contributed by atoms with Crippen molar-refractivity contribution in [1.82, 2.24) is 5.32 Å². The standard InChI is InChI=1S/C31H31BrN2O6/c1-5-17-11-10-12-18(6-2)26(17)34-28(35)23-24(29(34)36)31(30(37)38,20-13-8-7-9-14-20)33-25(23)19-15-21(32)27(40-4)22(16-19)39-3/h7-16,23-25,33H,5-6H2,1-4H3,(H,37,38). The van der Waals surface area contributed by atoms with Crippen molar-refractivity contribution in [3.05, 3.63) is 87.4 Å². The van der Waals surface area contributed by atoms with Crippen LogP contribution in [0.25, 0.3) is 0 Å². The number of nitrogens with zero attached hydrogens (tertiary/aromatic N) is 1. The van der Waals surface area contributed by atoms with Gasteiger partial charge in [0.05, 0.1) is 36.2 Å². The van der Waals surface area contributed by atoms with Gasteiger partial charge in [-0.05, 0) is 63.2 Å². The van der Waals surface area contributed by atoms with E-state index in [2.05, 4.69) is 21.2 Å². The number of nitrogens with one attached hydrogen (secondary N) is 1. The second-order valence-corrected chi connectivity index (χ2v) is 10.8. The number of aliphatic carboxylic acids is 1. The van der Waals surface area contributed by atoms with E-state index in [0.29, 0.717) is 45.6 Å². The van der Waals surface area contributed by atoms with E-state index < -0.39 is 41.2 Å². The molecule has 4 unspecified atom stereocenters. The van der Waals surface area contributed by atoms with Crippen molar-refractivity contribution in [3.63, 3.8) is 0 Å². The van der Waals surface area contributed by atoms with Gasteiger partial charge >= 0.3 is 5.97 Å². The van der Waals surface area contributed by atoms with Gasteiger partial charge in [0.1, 0.15) is 0 Å². The zero-order valence-corrected chi connectivity index (χ0v) is 24.3. The number of amides is 2. The average molecular weight is 608 g/mol. The molecule has 8 nitrogen and oxygen atoms in total. The SMILES string of the molecule is CCc1cccc(CC)c1N1C(=O)C2C(c3cc(Br)c(OC)c(OC)c3)NC(C(=O)O)(c3ccccc3)C2C1=O. The van der Waals surface area contributed by atoms with Crippen LogP contribution in [0.3, 0.4) is 0 Å². The molecule has 0 aliphatic carbocycles. The Labute approximate surface area is 241 Å². The lowest BCUT2D eigenvalue weighted by molar-refractivity contribution is -0.149. The molecule has 40 heavy (non-hydrogen) atoms. The average Bonchev–Trinajstić information content (AvgIpc) is 3.46. The number of rotatable bonds is 8. The number of benzene rings is 3. The maximum atomic E-state index is 14.4. The van der Waals surface area contributed by atoms with Gasteiger partial charge in [-0.15, -0.1) is 0 Å². The lowest BCUT2D eigenvalue weighted by Crippen LogP contribution is -2.53. The molecule has 2 aliphatic rings. The number of hydrogen-bond acceptors (Lipinski definition) is 6. The van der Waals surface area contributed by atoms with E-state index in [4.69, 9.17) is 9.47 Å². The summed E-state index contributed by atoms with van der Waals surface area (Å²) >= 11 is 3.52. The number of imide groups is 1. The van der Waals surface area contributed by atoms with Crippen molar-refractivity contribution in [2.45, 2.75) is 38.3 Å². The Balaban J connectivity index is 1.77. The molecule has 2 fully saturated rings. The summed E-state index contributed by atoms with van der Waals surface area (Å²) in [6.45, 7) is 3.95. The molecule has 2 saturated heterocycles. The third-order valence-corrected chi connectivity index (χ3v) is 8.72. The second kappa shape index (κ2) is 10.7. The summed E-state index contributed by atoms with van der Waals surface area (Å²) in [6, 6.07) is 17.0. The zero-order valence-electron chi connectivity index (χ0n) is 22.7. The monoisotopic (exact) mass is 606 g/mol. The van der Waals surface area contributed by atoms with Crippen LogP contribution in [0.5, 0.6) is 11.5 Å². The van der Waals surface area contributed by atoms with Crippen molar-refractivity contribution >= 4 is 39.4 Å². The van der Waals surface area contributed by atoms with Crippen molar-refractivity contribution in [1.29, 1.82) is 0 Å². The summed E-state index contributed by atoms with van der Waals surface area (Å²) in [5, 5.41) is 14.1. The summed E-state index contributed by atoms with van der Waals surface area (Å²) in [5.74, 6) is -3.46. The van der Waals surface area contributed by atoms with Crippen LogP contribution in [0.1, 0.15) is 42.1 Å². The largest absolute Gasteiger partial charge is 0.493 e. The van der Waals surface area contributed by atoms with Crippen LogP contribution in [-0.4, -0.2) is 37.1 Å². The number of ether oxygens (including phenoxy) is 2. The van der Waals surface area contributed by atoms with Crippen molar-refractivity contribution in [2.75, 3.05) is 19.1 Å². The van der Waals surface area contributed by atoms with Crippen molar-refractivity contribution < 1.29 is 29.0 Å². The summed E-state index contributed by atoms with van der Waals surface area (Å²) in [5.41, 5.74) is 1.45. The van der Waals surface area contributed by atoms with E-state index in [9.17, 15) is 19.5 Å². The molecule has 2 amide bonds. The number of fused-ring (bicyclic) bond motifs is 1. The molecule has 0 spiro atoms. The van der Waals surface area contributed by atoms with E-state index in [1.165, 1.54) is 19.1 Å². The van der Waals surface area contributed by atoms with Crippen LogP contribution in [0.4, 0.5) is 5.69 Å². The Bertz CT molecular complexity index is 1470. The molecule has 5 rings (SSSR count). The highest BCUT2D eigenvalue weighted by Crippen LogP contribution is 2.55. The fourth-order valence-electron chi connectivity index (χ4n) is 6.32. The van der Waals surface area contributed by atoms with Gasteiger partial charge < -0.3 is 14.6 Å². The number of hydrogen-bond donors (Lipinski definition) is 2. The second-order valence-electron chi connectivity index (χ2n) is 9.99. The maximum absolute atomic E-state index is 14.4. The summed E-state index contributed by atoms with van der Waals surface area (Å²) in [4.78, 5) is 43.4. The Kier molecular flexibility index (Phi) is 7.46. The first-order valence-corrected chi connectivity index (χ1v) is 14.0. The molecule has 208 valence electrons. The third-order valence-electron chi connectivity index (χ3n) is 8.13.